The average molecular weight is 442 g/mol. The Balaban J connectivity index is 1.68. The fourth-order valence-electron chi connectivity index (χ4n) is 3.04. The third kappa shape index (κ3) is 6.34. The predicted octanol–water partition coefficient (Wildman–Crippen LogP) is 4.11. The molecule has 0 aliphatic heterocycles. The molecule has 0 fully saturated rings. The second-order valence-electron chi connectivity index (χ2n) is 7.13. The van der Waals surface area contributed by atoms with E-state index in [0.29, 0.717) is 17.9 Å². The van der Waals surface area contributed by atoms with Crippen molar-refractivity contribution in [3.8, 4) is 5.75 Å². The molecule has 0 bridgehead atoms. The summed E-state index contributed by atoms with van der Waals surface area (Å²) in [5, 5.41) is 2.42. The molecule has 0 aromatic heterocycles. The third-order valence-electron chi connectivity index (χ3n) is 4.69. The second kappa shape index (κ2) is 10.00. The zero-order valence-corrected chi connectivity index (χ0v) is 16.9. The molecule has 0 saturated carbocycles. The van der Waals surface area contributed by atoms with Crippen LogP contribution in [0.2, 0.25) is 0 Å². The van der Waals surface area contributed by atoms with Crippen LogP contribution in [0.5, 0.6) is 5.75 Å². The maximum atomic E-state index is 12.9. The van der Waals surface area contributed by atoms with Crippen LogP contribution in [0, 0.1) is 0 Å². The van der Waals surface area contributed by atoms with Gasteiger partial charge in [0.05, 0.1) is 5.56 Å². The minimum absolute atomic E-state index is 0.0581. The summed E-state index contributed by atoms with van der Waals surface area (Å²) in [6, 6.07) is 19.4. The number of primary amides is 1. The number of nitrogens with one attached hydrogen (secondary N) is 1. The Kier molecular flexibility index (Phi) is 7.14. The van der Waals surface area contributed by atoms with E-state index in [2.05, 4.69) is 5.32 Å². The molecule has 32 heavy (non-hydrogen) atoms. The van der Waals surface area contributed by atoms with E-state index in [-0.39, 0.29) is 12.0 Å². The van der Waals surface area contributed by atoms with E-state index in [1.807, 2.05) is 30.3 Å². The lowest BCUT2D eigenvalue weighted by Gasteiger charge is -2.17. The zero-order chi connectivity index (χ0) is 23.1. The molecule has 0 heterocycles. The molecule has 3 rings (SSSR count). The second-order valence-corrected chi connectivity index (χ2v) is 7.13. The van der Waals surface area contributed by atoms with E-state index in [0.717, 1.165) is 23.8 Å². The molecule has 2 amide bonds. The van der Waals surface area contributed by atoms with Crippen molar-refractivity contribution in [2.24, 2.45) is 5.73 Å². The molecule has 0 saturated heterocycles. The highest BCUT2D eigenvalue weighted by Crippen LogP contribution is 2.29. The van der Waals surface area contributed by atoms with Gasteiger partial charge >= 0.3 is 6.18 Å². The highest BCUT2D eigenvalue weighted by atomic mass is 19.4. The van der Waals surface area contributed by atoms with Gasteiger partial charge in [-0.25, -0.2) is 0 Å². The molecule has 0 aliphatic rings. The Morgan fingerprint density at radius 3 is 2.28 bits per heavy atom. The minimum atomic E-state index is -4.58. The number of carbonyl (C=O) groups is 2. The van der Waals surface area contributed by atoms with E-state index in [4.69, 9.17) is 10.5 Å². The summed E-state index contributed by atoms with van der Waals surface area (Å²) < 4.78 is 44.5. The Labute approximate surface area is 183 Å². The normalized spacial score (nSPS) is 12.1. The number of ether oxygens (including phenoxy) is 1. The molecular formula is C24H21F3N2O3. The molecule has 3 N–H and O–H groups in total. The standard InChI is InChI=1S/C24H21F3N2O3/c25-24(26,27)19-10-5-9-18(14-19)23(31)29-21(22(28)30)13-17-8-4-11-20(12-17)32-15-16-6-2-1-3-7-16/h1-12,14,21H,13,15H2,(H2,28,30)(H,29,31)/t21-/m1/s1. The van der Waals surface area contributed by atoms with Crippen LogP contribution in [0.25, 0.3) is 0 Å². The van der Waals surface area contributed by atoms with Crippen LogP contribution in [0.15, 0.2) is 78.9 Å². The van der Waals surface area contributed by atoms with Gasteiger partial charge in [0, 0.05) is 12.0 Å². The number of amides is 2. The summed E-state index contributed by atoms with van der Waals surface area (Å²) in [7, 11) is 0. The number of benzene rings is 3. The molecule has 166 valence electrons. The molecule has 3 aromatic rings. The van der Waals surface area contributed by atoms with Crippen molar-refractivity contribution < 1.29 is 27.5 Å². The summed E-state index contributed by atoms with van der Waals surface area (Å²) in [5.41, 5.74) is 5.90. The molecule has 0 unspecified atom stereocenters. The van der Waals surface area contributed by atoms with Gasteiger partial charge in [-0.1, -0.05) is 48.5 Å². The molecule has 3 aromatic carbocycles. The lowest BCUT2D eigenvalue weighted by Crippen LogP contribution is -2.45. The van der Waals surface area contributed by atoms with Crippen molar-refractivity contribution in [3.05, 3.63) is 101 Å². The summed E-state index contributed by atoms with van der Waals surface area (Å²) in [5.74, 6) is -1.06. The van der Waals surface area contributed by atoms with Crippen LogP contribution in [0.4, 0.5) is 13.2 Å². The third-order valence-corrected chi connectivity index (χ3v) is 4.69. The van der Waals surface area contributed by atoms with E-state index >= 15 is 0 Å². The van der Waals surface area contributed by atoms with Crippen molar-refractivity contribution in [3.63, 3.8) is 0 Å². The molecule has 1 atom stereocenters. The lowest BCUT2D eigenvalue weighted by atomic mass is 10.0. The Morgan fingerprint density at radius 1 is 0.906 bits per heavy atom. The number of alkyl halides is 3. The van der Waals surface area contributed by atoms with Gasteiger partial charge in [0.2, 0.25) is 5.91 Å². The van der Waals surface area contributed by atoms with Crippen molar-refractivity contribution in [2.75, 3.05) is 0 Å². The molecule has 0 radical (unpaired) electrons. The van der Waals surface area contributed by atoms with E-state index < -0.39 is 29.6 Å². The predicted molar refractivity (Wildman–Crippen MR) is 113 cm³/mol. The van der Waals surface area contributed by atoms with E-state index in [9.17, 15) is 22.8 Å². The number of nitrogens with two attached hydrogens (primary N) is 1. The van der Waals surface area contributed by atoms with Crippen molar-refractivity contribution in [2.45, 2.75) is 25.2 Å². The smallest absolute Gasteiger partial charge is 0.416 e. The fourth-order valence-corrected chi connectivity index (χ4v) is 3.04. The van der Waals surface area contributed by atoms with E-state index in [1.165, 1.54) is 6.07 Å². The monoisotopic (exact) mass is 442 g/mol. The van der Waals surface area contributed by atoms with Crippen LogP contribution < -0.4 is 15.8 Å². The summed E-state index contributed by atoms with van der Waals surface area (Å²) >= 11 is 0. The molecule has 8 heteroatoms. The Bertz CT molecular complexity index is 1090. The number of rotatable bonds is 8. The maximum absolute atomic E-state index is 12.9. The topological polar surface area (TPSA) is 81.4 Å². The SMILES string of the molecule is NC(=O)[C@@H](Cc1cccc(OCc2ccccc2)c1)NC(=O)c1cccc(C(F)(F)F)c1. The Morgan fingerprint density at radius 2 is 1.59 bits per heavy atom. The fraction of sp³-hybridized carbons (Fsp3) is 0.167. The van der Waals surface area contributed by atoms with Crippen LogP contribution >= 0.6 is 0 Å². The first-order valence-corrected chi connectivity index (χ1v) is 9.75. The minimum Gasteiger partial charge on any atom is -0.489 e. The van der Waals surface area contributed by atoms with Gasteiger partial charge in [-0.2, -0.15) is 13.2 Å². The number of carbonyl (C=O) groups excluding carboxylic acids is 2. The first kappa shape index (κ1) is 22.9. The first-order valence-electron chi connectivity index (χ1n) is 9.75. The number of hydrogen-bond donors (Lipinski definition) is 2. The van der Waals surface area contributed by atoms with Crippen LogP contribution in [0.1, 0.15) is 27.0 Å². The molecule has 0 aliphatic carbocycles. The summed E-state index contributed by atoms with van der Waals surface area (Å²) in [6.07, 6.45) is -4.53. The summed E-state index contributed by atoms with van der Waals surface area (Å²) in [6.45, 7) is 0.357. The van der Waals surface area contributed by atoms with Gasteiger partial charge < -0.3 is 15.8 Å². The van der Waals surface area contributed by atoms with Crippen LogP contribution in [0.3, 0.4) is 0 Å². The van der Waals surface area contributed by atoms with Crippen molar-refractivity contribution in [1.29, 1.82) is 0 Å². The highest BCUT2D eigenvalue weighted by molar-refractivity contribution is 5.97. The molecule has 0 spiro atoms. The lowest BCUT2D eigenvalue weighted by molar-refractivity contribution is -0.137. The van der Waals surface area contributed by atoms with Gasteiger partial charge in [-0.15, -0.1) is 0 Å². The van der Waals surface area contributed by atoms with E-state index in [1.54, 1.807) is 24.3 Å². The quantitative estimate of drug-likeness (QED) is 0.551. The van der Waals surface area contributed by atoms with Gasteiger partial charge in [-0.05, 0) is 41.5 Å². The summed E-state index contributed by atoms with van der Waals surface area (Å²) in [4.78, 5) is 24.3. The highest BCUT2D eigenvalue weighted by Gasteiger charge is 2.31. The van der Waals surface area contributed by atoms with Crippen molar-refractivity contribution in [1.82, 2.24) is 5.32 Å². The average Bonchev–Trinajstić information content (AvgIpc) is 2.77. The number of hydrogen-bond acceptors (Lipinski definition) is 3. The molecular weight excluding hydrogens is 421 g/mol. The first-order chi connectivity index (χ1) is 15.2. The molecule has 5 nitrogen and oxygen atoms in total. The zero-order valence-electron chi connectivity index (χ0n) is 16.9. The van der Waals surface area contributed by atoms with Gasteiger partial charge in [-0.3, -0.25) is 9.59 Å². The van der Waals surface area contributed by atoms with Gasteiger partial charge in [0.1, 0.15) is 18.4 Å². The van der Waals surface area contributed by atoms with Crippen molar-refractivity contribution >= 4 is 11.8 Å². The van der Waals surface area contributed by atoms with Crippen LogP contribution in [-0.4, -0.2) is 17.9 Å². The number of halogens is 3. The van der Waals surface area contributed by atoms with Crippen LogP contribution in [-0.2, 0) is 24.0 Å². The largest absolute Gasteiger partial charge is 0.489 e. The Hall–Kier alpha value is -3.81. The van der Waals surface area contributed by atoms with Gasteiger partial charge in [0.25, 0.3) is 5.91 Å². The van der Waals surface area contributed by atoms with Gasteiger partial charge in [0.15, 0.2) is 0 Å². The maximum Gasteiger partial charge on any atom is 0.416 e.